The third kappa shape index (κ3) is 2.50. The van der Waals surface area contributed by atoms with Crippen molar-refractivity contribution in [2.75, 3.05) is 0 Å². The van der Waals surface area contributed by atoms with Crippen LogP contribution >= 0.6 is 0 Å². The second-order valence-electron chi connectivity index (χ2n) is 6.09. The van der Waals surface area contributed by atoms with Gasteiger partial charge < -0.3 is 5.73 Å². The third-order valence-corrected chi connectivity index (χ3v) is 4.36. The summed E-state index contributed by atoms with van der Waals surface area (Å²) in [7, 11) is 0. The molecule has 0 bridgehead atoms. The molecule has 2 N–H and O–H groups in total. The minimum absolute atomic E-state index is 0.229. The van der Waals surface area contributed by atoms with Crippen LogP contribution in [0.4, 0.5) is 0 Å². The summed E-state index contributed by atoms with van der Waals surface area (Å²) in [5.74, 6) is 2.81. The van der Waals surface area contributed by atoms with Crippen LogP contribution in [-0.2, 0) is 0 Å². The first-order valence-corrected chi connectivity index (χ1v) is 6.38. The van der Waals surface area contributed by atoms with E-state index in [1.165, 1.54) is 44.9 Å². The van der Waals surface area contributed by atoms with Crippen LogP contribution in [0, 0.1) is 17.8 Å². The lowest BCUT2D eigenvalue weighted by molar-refractivity contribution is 0.181. The first-order valence-electron chi connectivity index (χ1n) is 6.38. The summed E-state index contributed by atoms with van der Waals surface area (Å²) in [6.45, 7) is 4.71. The smallest absolute Gasteiger partial charge is 0.0157 e. The van der Waals surface area contributed by atoms with E-state index < -0.39 is 0 Å². The van der Waals surface area contributed by atoms with E-state index in [2.05, 4.69) is 13.8 Å². The molecule has 0 saturated heterocycles. The second-order valence-corrected chi connectivity index (χ2v) is 6.09. The number of hydrogen-bond acceptors (Lipinski definition) is 1. The molecule has 2 aliphatic carbocycles. The molecule has 0 aliphatic heterocycles. The average molecular weight is 195 g/mol. The zero-order valence-electron chi connectivity index (χ0n) is 9.76. The standard InChI is InChI=1S/C13H25N/c1-10(2)12-5-7-13(14,8-6-12)9-11-3-4-11/h10-12H,3-9,14H2,1-2H3. The van der Waals surface area contributed by atoms with Crippen molar-refractivity contribution in [3.8, 4) is 0 Å². The van der Waals surface area contributed by atoms with E-state index in [0.29, 0.717) is 0 Å². The third-order valence-electron chi connectivity index (χ3n) is 4.36. The van der Waals surface area contributed by atoms with Gasteiger partial charge in [-0.2, -0.15) is 0 Å². The molecule has 1 heteroatoms. The summed E-state index contributed by atoms with van der Waals surface area (Å²) in [6.07, 6.45) is 9.54. The van der Waals surface area contributed by atoms with Gasteiger partial charge >= 0.3 is 0 Å². The van der Waals surface area contributed by atoms with Gasteiger partial charge in [0.1, 0.15) is 0 Å². The largest absolute Gasteiger partial charge is 0.325 e. The Morgan fingerprint density at radius 3 is 2.14 bits per heavy atom. The number of rotatable bonds is 3. The lowest BCUT2D eigenvalue weighted by atomic mass is 9.71. The van der Waals surface area contributed by atoms with Crippen LogP contribution in [0.1, 0.15) is 58.8 Å². The highest BCUT2D eigenvalue weighted by molar-refractivity contribution is 4.94. The van der Waals surface area contributed by atoms with E-state index in [1.54, 1.807) is 0 Å². The fraction of sp³-hybridized carbons (Fsp3) is 1.00. The van der Waals surface area contributed by atoms with E-state index in [0.717, 1.165) is 17.8 Å². The van der Waals surface area contributed by atoms with Gasteiger partial charge in [0.15, 0.2) is 0 Å². The van der Waals surface area contributed by atoms with Crippen LogP contribution < -0.4 is 5.73 Å². The predicted molar refractivity (Wildman–Crippen MR) is 61.1 cm³/mol. The van der Waals surface area contributed by atoms with E-state index in [4.69, 9.17) is 5.73 Å². The van der Waals surface area contributed by atoms with Gasteiger partial charge in [0.05, 0.1) is 0 Å². The van der Waals surface area contributed by atoms with Crippen molar-refractivity contribution in [2.24, 2.45) is 23.5 Å². The van der Waals surface area contributed by atoms with Crippen LogP contribution in [-0.4, -0.2) is 5.54 Å². The maximum absolute atomic E-state index is 6.46. The minimum Gasteiger partial charge on any atom is -0.325 e. The molecule has 0 unspecified atom stereocenters. The molecule has 0 aromatic rings. The molecule has 14 heavy (non-hydrogen) atoms. The second kappa shape index (κ2) is 3.84. The molecule has 0 amide bonds. The summed E-state index contributed by atoms with van der Waals surface area (Å²) >= 11 is 0. The van der Waals surface area contributed by atoms with Crippen molar-refractivity contribution in [1.29, 1.82) is 0 Å². The Hall–Kier alpha value is -0.0400. The van der Waals surface area contributed by atoms with E-state index in [1.807, 2.05) is 0 Å². The Labute approximate surface area is 88.4 Å². The lowest BCUT2D eigenvalue weighted by Crippen LogP contribution is -2.44. The first-order chi connectivity index (χ1) is 6.59. The lowest BCUT2D eigenvalue weighted by Gasteiger charge is -2.38. The van der Waals surface area contributed by atoms with Crippen molar-refractivity contribution in [3.05, 3.63) is 0 Å². The summed E-state index contributed by atoms with van der Waals surface area (Å²) < 4.78 is 0. The maximum Gasteiger partial charge on any atom is 0.0157 e. The molecule has 0 aromatic heterocycles. The number of hydrogen-bond donors (Lipinski definition) is 1. The molecule has 0 radical (unpaired) electrons. The molecule has 2 fully saturated rings. The predicted octanol–water partition coefficient (Wildman–Crippen LogP) is 3.33. The van der Waals surface area contributed by atoms with Crippen molar-refractivity contribution in [1.82, 2.24) is 0 Å². The SMILES string of the molecule is CC(C)C1CCC(N)(CC2CC2)CC1. The van der Waals surface area contributed by atoms with Crippen LogP contribution in [0.15, 0.2) is 0 Å². The van der Waals surface area contributed by atoms with Crippen molar-refractivity contribution >= 4 is 0 Å². The molecule has 0 atom stereocenters. The highest BCUT2D eigenvalue weighted by Crippen LogP contribution is 2.43. The molecule has 0 heterocycles. The topological polar surface area (TPSA) is 26.0 Å². The quantitative estimate of drug-likeness (QED) is 0.734. The van der Waals surface area contributed by atoms with Crippen molar-refractivity contribution in [2.45, 2.75) is 64.3 Å². The molecule has 0 spiro atoms. The molecule has 2 saturated carbocycles. The monoisotopic (exact) mass is 195 g/mol. The molecule has 2 rings (SSSR count). The molecular weight excluding hydrogens is 170 g/mol. The average Bonchev–Trinajstić information content (AvgIpc) is 2.88. The maximum atomic E-state index is 6.46. The molecule has 82 valence electrons. The van der Waals surface area contributed by atoms with E-state index in [9.17, 15) is 0 Å². The fourth-order valence-corrected chi connectivity index (χ4v) is 2.98. The Morgan fingerprint density at radius 1 is 1.14 bits per heavy atom. The van der Waals surface area contributed by atoms with Gasteiger partial charge in [-0.25, -0.2) is 0 Å². The fourth-order valence-electron chi connectivity index (χ4n) is 2.98. The molecule has 2 aliphatic rings. The van der Waals surface area contributed by atoms with Crippen LogP contribution in [0.3, 0.4) is 0 Å². The van der Waals surface area contributed by atoms with Gasteiger partial charge in [-0.1, -0.05) is 26.7 Å². The molecule has 1 nitrogen and oxygen atoms in total. The van der Waals surface area contributed by atoms with Gasteiger partial charge in [-0.15, -0.1) is 0 Å². The highest BCUT2D eigenvalue weighted by atomic mass is 14.8. The zero-order valence-corrected chi connectivity index (χ0v) is 9.76. The summed E-state index contributed by atoms with van der Waals surface area (Å²) in [5, 5.41) is 0. The van der Waals surface area contributed by atoms with Gasteiger partial charge in [-0.05, 0) is 49.9 Å². The normalized spacial score (nSPS) is 39.0. The summed E-state index contributed by atoms with van der Waals surface area (Å²) in [4.78, 5) is 0. The Morgan fingerprint density at radius 2 is 1.71 bits per heavy atom. The first kappa shape index (κ1) is 10.5. The minimum atomic E-state index is 0.229. The van der Waals surface area contributed by atoms with Gasteiger partial charge in [-0.3, -0.25) is 0 Å². The molecule has 0 aromatic carbocycles. The van der Waals surface area contributed by atoms with Crippen molar-refractivity contribution in [3.63, 3.8) is 0 Å². The highest BCUT2D eigenvalue weighted by Gasteiger charge is 2.37. The van der Waals surface area contributed by atoms with Gasteiger partial charge in [0.25, 0.3) is 0 Å². The summed E-state index contributed by atoms with van der Waals surface area (Å²) in [5.41, 5.74) is 6.69. The van der Waals surface area contributed by atoms with Crippen molar-refractivity contribution < 1.29 is 0 Å². The molecular formula is C13H25N. The Balaban J connectivity index is 1.81. The van der Waals surface area contributed by atoms with Gasteiger partial charge in [0.2, 0.25) is 0 Å². The summed E-state index contributed by atoms with van der Waals surface area (Å²) in [6, 6.07) is 0. The van der Waals surface area contributed by atoms with Gasteiger partial charge in [0, 0.05) is 5.54 Å². The van der Waals surface area contributed by atoms with Crippen LogP contribution in [0.25, 0.3) is 0 Å². The Bertz CT molecular complexity index is 185. The number of nitrogens with two attached hydrogens (primary N) is 1. The van der Waals surface area contributed by atoms with E-state index in [-0.39, 0.29) is 5.54 Å². The van der Waals surface area contributed by atoms with E-state index >= 15 is 0 Å². The van der Waals surface area contributed by atoms with Crippen LogP contribution in [0.5, 0.6) is 0 Å². The zero-order chi connectivity index (χ0) is 10.2. The Kier molecular flexibility index (Phi) is 2.88. The van der Waals surface area contributed by atoms with Crippen LogP contribution in [0.2, 0.25) is 0 Å².